The number of aromatic nitrogens is 1. The molecule has 0 aliphatic rings. The van der Waals surface area contributed by atoms with Crippen LogP contribution in [-0.2, 0) is 17.8 Å². The van der Waals surface area contributed by atoms with Crippen molar-refractivity contribution in [1.82, 2.24) is 10.3 Å². The van der Waals surface area contributed by atoms with Gasteiger partial charge in [-0.1, -0.05) is 6.92 Å². The van der Waals surface area contributed by atoms with Gasteiger partial charge in [-0.15, -0.1) is 11.3 Å². The van der Waals surface area contributed by atoms with Crippen molar-refractivity contribution in [2.24, 2.45) is 0 Å². The van der Waals surface area contributed by atoms with E-state index in [1.54, 1.807) is 18.3 Å². The van der Waals surface area contributed by atoms with Crippen LogP contribution in [-0.4, -0.2) is 22.0 Å². The van der Waals surface area contributed by atoms with E-state index in [0.29, 0.717) is 15.6 Å². The van der Waals surface area contributed by atoms with Crippen molar-refractivity contribution in [3.05, 3.63) is 45.8 Å². The Labute approximate surface area is 125 Å². The molecular weight excluding hydrogens is 292 g/mol. The molecule has 0 aliphatic heterocycles. The van der Waals surface area contributed by atoms with Crippen molar-refractivity contribution >= 4 is 29.3 Å². The molecule has 0 unspecified atom stereocenters. The highest BCUT2D eigenvalue weighted by Gasteiger charge is 2.10. The molecule has 7 heteroatoms. The second kappa shape index (κ2) is 6.85. The smallest absolute Gasteiger partial charge is 0.328 e. The number of carboxylic acid groups (broad SMARTS) is 1. The number of hydrogen-bond acceptors (Lipinski definition) is 5. The van der Waals surface area contributed by atoms with E-state index >= 15 is 0 Å². The van der Waals surface area contributed by atoms with Crippen LogP contribution < -0.4 is 5.32 Å². The summed E-state index contributed by atoms with van der Waals surface area (Å²) in [6.07, 6.45) is 4.88. The summed E-state index contributed by atoms with van der Waals surface area (Å²) >= 11 is 1.21. The number of rotatable bonds is 6. The van der Waals surface area contributed by atoms with Crippen LogP contribution in [0.1, 0.15) is 33.1 Å². The summed E-state index contributed by atoms with van der Waals surface area (Å²) in [5, 5.41) is 11.3. The van der Waals surface area contributed by atoms with Gasteiger partial charge in [-0.05, 0) is 18.2 Å². The molecule has 6 nitrogen and oxygen atoms in total. The third-order valence-corrected chi connectivity index (χ3v) is 3.64. The summed E-state index contributed by atoms with van der Waals surface area (Å²) < 4.78 is 5.39. The van der Waals surface area contributed by atoms with Crippen molar-refractivity contribution < 1.29 is 19.1 Å². The van der Waals surface area contributed by atoms with Crippen LogP contribution in [0.15, 0.2) is 28.8 Å². The minimum absolute atomic E-state index is 0.219. The first-order valence-corrected chi connectivity index (χ1v) is 7.12. The van der Waals surface area contributed by atoms with Crippen LogP contribution in [0, 0.1) is 0 Å². The molecule has 1 amide bonds. The monoisotopic (exact) mass is 306 g/mol. The molecule has 0 radical (unpaired) electrons. The van der Waals surface area contributed by atoms with E-state index in [1.165, 1.54) is 17.4 Å². The summed E-state index contributed by atoms with van der Waals surface area (Å²) in [6.45, 7) is 2.18. The van der Waals surface area contributed by atoms with Gasteiger partial charge >= 0.3 is 5.97 Å². The number of carbonyl (C=O) groups is 2. The van der Waals surface area contributed by atoms with Crippen LogP contribution in [0.2, 0.25) is 0 Å². The minimum atomic E-state index is -1.02. The number of oxazole rings is 1. The lowest BCUT2D eigenvalue weighted by atomic mass is 10.4. The predicted molar refractivity (Wildman–Crippen MR) is 78.0 cm³/mol. The molecule has 2 heterocycles. The van der Waals surface area contributed by atoms with Gasteiger partial charge in [0.2, 0.25) is 5.89 Å². The van der Waals surface area contributed by atoms with E-state index in [1.807, 2.05) is 6.92 Å². The highest BCUT2D eigenvalue weighted by Crippen LogP contribution is 2.18. The van der Waals surface area contributed by atoms with Gasteiger partial charge < -0.3 is 14.8 Å². The number of carbonyl (C=O) groups excluding carboxylic acids is 1. The molecule has 110 valence electrons. The van der Waals surface area contributed by atoms with E-state index in [2.05, 4.69) is 10.3 Å². The topological polar surface area (TPSA) is 92.4 Å². The van der Waals surface area contributed by atoms with Crippen LogP contribution in [0.4, 0.5) is 0 Å². The summed E-state index contributed by atoms with van der Waals surface area (Å²) in [4.78, 5) is 27.6. The summed E-state index contributed by atoms with van der Waals surface area (Å²) in [5.74, 6) is -0.0320. The van der Waals surface area contributed by atoms with Crippen molar-refractivity contribution in [1.29, 1.82) is 0 Å². The third kappa shape index (κ3) is 4.28. The van der Waals surface area contributed by atoms with E-state index in [-0.39, 0.29) is 12.5 Å². The molecule has 0 spiro atoms. The zero-order chi connectivity index (χ0) is 15.2. The van der Waals surface area contributed by atoms with Gasteiger partial charge in [-0.25, -0.2) is 9.78 Å². The lowest BCUT2D eigenvalue weighted by Crippen LogP contribution is -2.21. The maximum atomic E-state index is 11.9. The third-order valence-electron chi connectivity index (χ3n) is 2.59. The van der Waals surface area contributed by atoms with E-state index in [4.69, 9.17) is 9.52 Å². The Balaban J connectivity index is 1.92. The summed E-state index contributed by atoms with van der Waals surface area (Å²) in [6, 6.07) is 3.34. The van der Waals surface area contributed by atoms with Crippen molar-refractivity contribution in [2.45, 2.75) is 19.9 Å². The molecule has 0 bridgehead atoms. The number of aryl methyl sites for hydroxylation is 1. The number of nitrogens with zero attached hydrogens (tertiary/aromatic N) is 1. The SMILES string of the molecule is CCc1cnc(CNC(=O)c2ccc(/C=C/C(=O)O)s2)o1. The van der Waals surface area contributed by atoms with Gasteiger partial charge in [0.05, 0.1) is 17.6 Å². The van der Waals surface area contributed by atoms with Gasteiger partial charge in [0.1, 0.15) is 5.76 Å². The molecule has 0 saturated carbocycles. The zero-order valence-electron chi connectivity index (χ0n) is 11.3. The van der Waals surface area contributed by atoms with Crippen molar-refractivity contribution in [3.8, 4) is 0 Å². The molecule has 0 atom stereocenters. The highest BCUT2D eigenvalue weighted by atomic mass is 32.1. The van der Waals surface area contributed by atoms with E-state index in [9.17, 15) is 9.59 Å². The Morgan fingerprint density at radius 3 is 2.95 bits per heavy atom. The Morgan fingerprint density at radius 2 is 2.29 bits per heavy atom. The number of carboxylic acids is 1. The molecule has 2 N–H and O–H groups in total. The number of amides is 1. The number of hydrogen-bond donors (Lipinski definition) is 2. The molecule has 21 heavy (non-hydrogen) atoms. The first-order valence-electron chi connectivity index (χ1n) is 6.31. The van der Waals surface area contributed by atoms with Crippen molar-refractivity contribution in [3.63, 3.8) is 0 Å². The largest absolute Gasteiger partial charge is 0.478 e. The second-order valence-electron chi connectivity index (χ2n) is 4.13. The van der Waals surface area contributed by atoms with Crippen molar-refractivity contribution in [2.75, 3.05) is 0 Å². The number of nitrogens with one attached hydrogen (secondary N) is 1. The maximum Gasteiger partial charge on any atom is 0.328 e. The van der Waals surface area contributed by atoms with Crippen LogP contribution in [0.25, 0.3) is 6.08 Å². The Kier molecular flexibility index (Phi) is 4.89. The van der Waals surface area contributed by atoms with Gasteiger partial charge in [0, 0.05) is 17.4 Å². The van der Waals surface area contributed by atoms with Crippen LogP contribution in [0.5, 0.6) is 0 Å². The fourth-order valence-corrected chi connectivity index (χ4v) is 2.38. The van der Waals surface area contributed by atoms with Crippen LogP contribution in [0.3, 0.4) is 0 Å². The molecule has 2 aromatic heterocycles. The molecule has 0 aliphatic carbocycles. The average molecular weight is 306 g/mol. The fraction of sp³-hybridized carbons (Fsp3) is 0.214. The number of aliphatic carboxylic acids is 1. The predicted octanol–water partition coefficient (Wildman–Crippen LogP) is 2.33. The Bertz CT molecular complexity index is 672. The van der Waals surface area contributed by atoms with Crippen LogP contribution >= 0.6 is 11.3 Å². The summed E-state index contributed by atoms with van der Waals surface area (Å²) in [7, 11) is 0. The standard InChI is InChI=1S/C14H14N2O4S/c1-2-9-7-15-12(20-9)8-16-14(19)11-5-3-10(21-11)4-6-13(17)18/h3-7H,2,8H2,1H3,(H,16,19)(H,17,18)/b6-4+. The maximum absolute atomic E-state index is 11.9. The van der Waals surface area contributed by atoms with E-state index < -0.39 is 5.97 Å². The molecule has 0 aromatic carbocycles. The normalized spacial score (nSPS) is 10.9. The minimum Gasteiger partial charge on any atom is -0.478 e. The lowest BCUT2D eigenvalue weighted by molar-refractivity contribution is -0.131. The number of thiophene rings is 1. The Hall–Kier alpha value is -2.41. The average Bonchev–Trinajstić information content (AvgIpc) is 3.11. The summed E-state index contributed by atoms with van der Waals surface area (Å²) in [5.41, 5.74) is 0. The van der Waals surface area contributed by atoms with E-state index in [0.717, 1.165) is 18.3 Å². The molecular formula is C14H14N2O4S. The molecule has 2 aromatic rings. The Morgan fingerprint density at radius 1 is 1.48 bits per heavy atom. The van der Waals surface area contributed by atoms with Gasteiger partial charge in [0.25, 0.3) is 5.91 Å². The zero-order valence-corrected chi connectivity index (χ0v) is 12.1. The second-order valence-corrected chi connectivity index (χ2v) is 5.25. The lowest BCUT2D eigenvalue weighted by Gasteiger charge is -1.99. The highest BCUT2D eigenvalue weighted by molar-refractivity contribution is 7.14. The molecule has 0 saturated heterocycles. The first-order chi connectivity index (χ1) is 10.1. The quantitative estimate of drug-likeness (QED) is 0.799. The fourth-order valence-electron chi connectivity index (χ4n) is 1.55. The van der Waals surface area contributed by atoms with Gasteiger partial charge in [0.15, 0.2) is 0 Å². The van der Waals surface area contributed by atoms with Gasteiger partial charge in [-0.2, -0.15) is 0 Å². The van der Waals surface area contributed by atoms with Gasteiger partial charge in [-0.3, -0.25) is 4.79 Å². The first kappa shape index (κ1) is 15.0. The molecule has 0 fully saturated rings. The molecule has 2 rings (SSSR count).